The number of para-hydroxylation sites is 1. The smallest absolute Gasteiger partial charge is 0.256 e. The highest BCUT2D eigenvalue weighted by atomic mass is 35.5. The van der Waals surface area contributed by atoms with E-state index >= 15 is 0 Å². The van der Waals surface area contributed by atoms with Crippen LogP contribution < -0.4 is 10.3 Å². The first-order valence-electron chi connectivity index (χ1n) is 9.50. The van der Waals surface area contributed by atoms with Crippen molar-refractivity contribution in [2.24, 2.45) is 0 Å². The number of carbonyl (C=O) groups excluding carboxylic acids is 1. The monoisotopic (exact) mass is 387 g/mol. The Balaban J connectivity index is 0.00000261. The SMILES string of the molecule is CCNCCCCC1(c2ccccc2)C(=O)N(N(C)C)c2ccccc21.Cl. The summed E-state index contributed by atoms with van der Waals surface area (Å²) in [5, 5.41) is 7.10. The van der Waals surface area contributed by atoms with Gasteiger partial charge in [-0.1, -0.05) is 61.9 Å². The number of amides is 1. The fourth-order valence-electron chi connectivity index (χ4n) is 4.03. The lowest BCUT2D eigenvalue weighted by atomic mass is 9.72. The van der Waals surface area contributed by atoms with Gasteiger partial charge in [-0.15, -0.1) is 12.4 Å². The average molecular weight is 388 g/mol. The molecule has 27 heavy (non-hydrogen) atoms. The van der Waals surface area contributed by atoms with Crippen molar-refractivity contribution in [3.63, 3.8) is 0 Å². The van der Waals surface area contributed by atoms with Crippen LogP contribution in [0.5, 0.6) is 0 Å². The Bertz CT molecular complexity index is 750. The van der Waals surface area contributed by atoms with Crippen molar-refractivity contribution >= 4 is 24.0 Å². The molecule has 0 saturated carbocycles. The molecule has 5 heteroatoms. The molecule has 0 fully saturated rings. The molecule has 146 valence electrons. The summed E-state index contributed by atoms with van der Waals surface area (Å²) in [7, 11) is 3.86. The zero-order valence-electron chi connectivity index (χ0n) is 16.4. The molecule has 2 aromatic rings. The van der Waals surface area contributed by atoms with Crippen molar-refractivity contribution in [2.45, 2.75) is 31.6 Å². The molecule has 1 atom stereocenters. The highest BCUT2D eigenvalue weighted by molar-refractivity contribution is 6.09. The zero-order valence-corrected chi connectivity index (χ0v) is 17.3. The number of unbranched alkanes of at least 4 members (excludes halogenated alkanes) is 1. The molecule has 1 aliphatic heterocycles. The van der Waals surface area contributed by atoms with Crippen LogP contribution >= 0.6 is 12.4 Å². The molecule has 0 aliphatic carbocycles. The minimum Gasteiger partial charge on any atom is -0.317 e. The molecule has 1 amide bonds. The van der Waals surface area contributed by atoms with Gasteiger partial charge < -0.3 is 5.32 Å². The lowest BCUT2D eigenvalue weighted by molar-refractivity contribution is -0.124. The minimum atomic E-state index is -0.603. The van der Waals surface area contributed by atoms with Crippen molar-refractivity contribution < 1.29 is 4.79 Å². The van der Waals surface area contributed by atoms with Crippen LogP contribution in [0.15, 0.2) is 54.6 Å². The molecule has 0 aromatic heterocycles. The maximum absolute atomic E-state index is 13.7. The van der Waals surface area contributed by atoms with E-state index in [2.05, 4.69) is 36.5 Å². The summed E-state index contributed by atoms with van der Waals surface area (Å²) in [6.07, 6.45) is 2.89. The van der Waals surface area contributed by atoms with Gasteiger partial charge in [-0.05, 0) is 43.1 Å². The molecule has 2 aromatic carbocycles. The normalized spacial score (nSPS) is 18.5. The third-order valence-corrected chi connectivity index (χ3v) is 5.22. The van der Waals surface area contributed by atoms with E-state index in [9.17, 15) is 4.79 Å². The van der Waals surface area contributed by atoms with Gasteiger partial charge in [0.05, 0.1) is 5.69 Å². The maximum atomic E-state index is 13.7. The molecular formula is C22H30ClN3O. The summed E-state index contributed by atoms with van der Waals surface area (Å²) in [6.45, 7) is 4.10. The van der Waals surface area contributed by atoms with Crippen LogP contribution in [0, 0.1) is 0 Å². The van der Waals surface area contributed by atoms with Crippen LogP contribution in [-0.4, -0.2) is 38.1 Å². The lowest BCUT2D eigenvalue weighted by Crippen LogP contribution is -2.47. The highest BCUT2D eigenvalue weighted by Gasteiger charge is 2.52. The number of fused-ring (bicyclic) bond motifs is 1. The van der Waals surface area contributed by atoms with E-state index in [1.165, 1.54) is 0 Å². The van der Waals surface area contributed by atoms with Gasteiger partial charge in [0.25, 0.3) is 5.91 Å². The molecule has 1 unspecified atom stereocenters. The van der Waals surface area contributed by atoms with Gasteiger partial charge in [0.1, 0.15) is 5.41 Å². The van der Waals surface area contributed by atoms with Crippen LogP contribution in [0.25, 0.3) is 0 Å². The molecule has 0 spiro atoms. The molecule has 0 saturated heterocycles. The van der Waals surface area contributed by atoms with Crippen molar-refractivity contribution in [3.05, 3.63) is 65.7 Å². The Kier molecular flexibility index (Phi) is 7.42. The summed E-state index contributed by atoms with van der Waals surface area (Å²) < 4.78 is 0. The number of hydrogen-bond acceptors (Lipinski definition) is 3. The number of hydrazine groups is 1. The van der Waals surface area contributed by atoms with Gasteiger partial charge in [-0.2, -0.15) is 0 Å². The van der Waals surface area contributed by atoms with E-state index in [-0.39, 0.29) is 18.3 Å². The first-order chi connectivity index (χ1) is 12.6. The summed E-state index contributed by atoms with van der Waals surface area (Å²) in [6, 6.07) is 18.5. The minimum absolute atomic E-state index is 0. The number of nitrogens with zero attached hydrogens (tertiary/aromatic N) is 2. The number of nitrogens with one attached hydrogen (secondary N) is 1. The number of benzene rings is 2. The first-order valence-corrected chi connectivity index (χ1v) is 9.50. The molecule has 3 rings (SSSR count). The summed E-state index contributed by atoms with van der Waals surface area (Å²) in [5.74, 6) is 0.151. The molecule has 0 bridgehead atoms. The molecule has 4 nitrogen and oxygen atoms in total. The molecule has 0 radical (unpaired) electrons. The topological polar surface area (TPSA) is 35.6 Å². The van der Waals surface area contributed by atoms with E-state index < -0.39 is 5.41 Å². The third kappa shape index (κ3) is 3.88. The molecular weight excluding hydrogens is 358 g/mol. The Morgan fingerprint density at radius 3 is 2.33 bits per heavy atom. The van der Waals surface area contributed by atoms with Crippen molar-refractivity contribution in [3.8, 4) is 0 Å². The molecule has 1 N–H and O–H groups in total. The fraction of sp³-hybridized carbons (Fsp3) is 0.409. The lowest BCUT2D eigenvalue weighted by Gasteiger charge is -2.31. The van der Waals surface area contributed by atoms with E-state index in [4.69, 9.17) is 0 Å². The van der Waals surface area contributed by atoms with Crippen LogP contribution in [0.2, 0.25) is 0 Å². The molecule has 1 heterocycles. The van der Waals surface area contributed by atoms with Gasteiger partial charge in [-0.3, -0.25) is 4.79 Å². The predicted molar refractivity (Wildman–Crippen MR) is 114 cm³/mol. The van der Waals surface area contributed by atoms with Crippen molar-refractivity contribution in [1.29, 1.82) is 0 Å². The Morgan fingerprint density at radius 2 is 1.67 bits per heavy atom. The summed E-state index contributed by atoms with van der Waals surface area (Å²) >= 11 is 0. The number of carbonyl (C=O) groups is 1. The average Bonchev–Trinajstić information content (AvgIpc) is 2.91. The Morgan fingerprint density at radius 1 is 1.00 bits per heavy atom. The van der Waals surface area contributed by atoms with Crippen molar-refractivity contribution in [1.82, 2.24) is 10.3 Å². The van der Waals surface area contributed by atoms with Crippen LogP contribution in [0.1, 0.15) is 37.3 Å². The van der Waals surface area contributed by atoms with Gasteiger partial charge >= 0.3 is 0 Å². The highest BCUT2D eigenvalue weighted by Crippen LogP contribution is 2.49. The number of hydrogen-bond donors (Lipinski definition) is 1. The predicted octanol–water partition coefficient (Wildman–Crippen LogP) is 4.00. The van der Waals surface area contributed by atoms with E-state index in [0.29, 0.717) is 0 Å². The van der Waals surface area contributed by atoms with E-state index in [0.717, 1.165) is 49.2 Å². The van der Waals surface area contributed by atoms with Crippen LogP contribution in [0.4, 0.5) is 5.69 Å². The number of halogens is 1. The zero-order chi connectivity index (χ0) is 18.6. The van der Waals surface area contributed by atoms with Crippen LogP contribution in [0.3, 0.4) is 0 Å². The first kappa shape index (κ1) is 21.4. The van der Waals surface area contributed by atoms with Gasteiger partial charge in [0, 0.05) is 14.1 Å². The Labute approximate surface area is 168 Å². The maximum Gasteiger partial charge on any atom is 0.256 e. The second kappa shape index (κ2) is 9.36. The second-order valence-electron chi connectivity index (χ2n) is 7.06. The number of anilines is 1. The standard InChI is InChI=1S/C22H29N3O.ClH/c1-4-23-17-11-10-16-22(18-12-6-5-7-13-18)19-14-8-9-15-20(19)25(21(22)26)24(2)3;/h5-9,12-15,23H,4,10-11,16-17H2,1-3H3;1H. The van der Waals surface area contributed by atoms with E-state index in [1.54, 1.807) is 0 Å². The third-order valence-electron chi connectivity index (χ3n) is 5.22. The van der Waals surface area contributed by atoms with E-state index in [1.807, 2.05) is 54.4 Å². The van der Waals surface area contributed by atoms with Crippen molar-refractivity contribution in [2.75, 3.05) is 32.2 Å². The number of rotatable bonds is 8. The van der Waals surface area contributed by atoms with Gasteiger partial charge in [0.2, 0.25) is 0 Å². The summed E-state index contributed by atoms with van der Waals surface area (Å²) in [5.41, 5.74) is 2.60. The molecule has 1 aliphatic rings. The Hall–Kier alpha value is -1.88. The quantitative estimate of drug-likeness (QED) is 0.695. The van der Waals surface area contributed by atoms with Gasteiger partial charge in [-0.25, -0.2) is 10.0 Å². The summed E-state index contributed by atoms with van der Waals surface area (Å²) in [4.78, 5) is 13.7. The van der Waals surface area contributed by atoms with Gasteiger partial charge in [0.15, 0.2) is 0 Å². The fourth-order valence-corrected chi connectivity index (χ4v) is 4.03. The second-order valence-corrected chi connectivity index (χ2v) is 7.06. The largest absolute Gasteiger partial charge is 0.317 e. The van der Waals surface area contributed by atoms with Crippen LogP contribution in [-0.2, 0) is 10.2 Å².